The summed E-state index contributed by atoms with van der Waals surface area (Å²) in [7, 11) is 1.50. The van der Waals surface area contributed by atoms with Crippen molar-refractivity contribution in [2.45, 2.75) is 26.0 Å². The first-order valence-corrected chi connectivity index (χ1v) is 10.5. The van der Waals surface area contributed by atoms with E-state index in [0.29, 0.717) is 21.9 Å². The van der Waals surface area contributed by atoms with Crippen LogP contribution in [0.15, 0.2) is 48.0 Å². The van der Waals surface area contributed by atoms with Crippen molar-refractivity contribution < 1.29 is 24.2 Å². The molecule has 1 atom stereocenters. The number of nitrogens with zero attached hydrogens (tertiary/aromatic N) is 1. The van der Waals surface area contributed by atoms with E-state index in [1.807, 2.05) is 13.8 Å². The molecule has 8 heteroatoms. The summed E-state index contributed by atoms with van der Waals surface area (Å²) in [4.78, 5) is 27.1. The summed E-state index contributed by atoms with van der Waals surface area (Å²) in [6, 6.07) is 10.6. The van der Waals surface area contributed by atoms with E-state index in [1.165, 1.54) is 18.1 Å². The summed E-state index contributed by atoms with van der Waals surface area (Å²) in [5, 5.41) is 11.7. The number of aliphatic hydroxyl groups excluding tert-OH is 1. The highest BCUT2D eigenvalue weighted by molar-refractivity contribution is 6.47. The number of carbonyl (C=O) groups is 2. The highest BCUT2D eigenvalue weighted by Gasteiger charge is 2.46. The number of hydrogen-bond donors (Lipinski definition) is 1. The molecule has 1 aliphatic rings. The lowest BCUT2D eigenvalue weighted by Crippen LogP contribution is -2.32. The molecule has 1 saturated heterocycles. The standard InChI is InChI=1S/C23H23Cl2NO5/c1-13(2)31-16-7-4-14(5-8-16)21(27)19-20(17-9-6-15(24)12-18(17)25)26(10-11-30-3)23(29)22(19)28/h4-9,12-13,20,27H,10-11H2,1-3H3/t20-/m0/s1. The van der Waals surface area contributed by atoms with E-state index in [0.717, 1.165) is 0 Å². The number of rotatable bonds is 7. The van der Waals surface area contributed by atoms with E-state index in [1.54, 1.807) is 36.4 Å². The van der Waals surface area contributed by atoms with Gasteiger partial charge in [0.15, 0.2) is 0 Å². The van der Waals surface area contributed by atoms with Crippen LogP contribution in [0.3, 0.4) is 0 Å². The van der Waals surface area contributed by atoms with Crippen molar-refractivity contribution >= 4 is 40.7 Å². The van der Waals surface area contributed by atoms with Gasteiger partial charge in [-0.15, -0.1) is 0 Å². The van der Waals surface area contributed by atoms with E-state index in [2.05, 4.69) is 0 Å². The van der Waals surface area contributed by atoms with E-state index in [-0.39, 0.29) is 35.6 Å². The molecule has 0 aliphatic carbocycles. The fraction of sp³-hybridized carbons (Fsp3) is 0.304. The number of carbonyl (C=O) groups excluding carboxylic acids is 2. The Bertz CT molecular complexity index is 1020. The molecule has 2 aromatic carbocycles. The number of amides is 1. The van der Waals surface area contributed by atoms with Crippen molar-refractivity contribution in [2.24, 2.45) is 0 Å². The SMILES string of the molecule is COCCN1C(=O)C(=O)C(=C(O)c2ccc(OC(C)C)cc2)[C@@H]1c1ccc(Cl)cc1Cl. The molecule has 0 unspecified atom stereocenters. The van der Waals surface area contributed by atoms with Gasteiger partial charge in [-0.2, -0.15) is 0 Å². The molecule has 0 aromatic heterocycles. The lowest BCUT2D eigenvalue weighted by molar-refractivity contribution is -0.140. The topological polar surface area (TPSA) is 76.1 Å². The van der Waals surface area contributed by atoms with Gasteiger partial charge in [0.2, 0.25) is 0 Å². The van der Waals surface area contributed by atoms with Crippen molar-refractivity contribution in [1.82, 2.24) is 4.90 Å². The van der Waals surface area contributed by atoms with Crippen LogP contribution in [-0.4, -0.2) is 48.1 Å². The Morgan fingerprint density at radius 3 is 2.39 bits per heavy atom. The molecule has 31 heavy (non-hydrogen) atoms. The van der Waals surface area contributed by atoms with Crippen LogP contribution in [0.5, 0.6) is 5.75 Å². The number of aliphatic hydroxyl groups is 1. The normalized spacial score (nSPS) is 18.1. The molecule has 164 valence electrons. The summed E-state index contributed by atoms with van der Waals surface area (Å²) >= 11 is 12.4. The number of hydrogen-bond acceptors (Lipinski definition) is 5. The highest BCUT2D eigenvalue weighted by atomic mass is 35.5. The highest BCUT2D eigenvalue weighted by Crippen LogP contribution is 2.42. The van der Waals surface area contributed by atoms with Gasteiger partial charge in [-0.25, -0.2) is 0 Å². The molecule has 1 amide bonds. The van der Waals surface area contributed by atoms with E-state index in [4.69, 9.17) is 32.7 Å². The molecular weight excluding hydrogens is 441 g/mol. The third-order valence-corrected chi connectivity index (χ3v) is 5.40. The Balaban J connectivity index is 2.12. The van der Waals surface area contributed by atoms with E-state index >= 15 is 0 Å². The summed E-state index contributed by atoms with van der Waals surface area (Å²) in [6.45, 7) is 4.19. The maximum absolute atomic E-state index is 12.9. The van der Waals surface area contributed by atoms with Gasteiger partial charge >= 0.3 is 0 Å². The van der Waals surface area contributed by atoms with Crippen LogP contribution >= 0.6 is 23.2 Å². The number of ketones is 1. The first-order chi connectivity index (χ1) is 14.7. The second-order valence-electron chi connectivity index (χ2n) is 7.34. The number of benzene rings is 2. The van der Waals surface area contributed by atoms with Crippen molar-refractivity contribution in [1.29, 1.82) is 0 Å². The predicted molar refractivity (Wildman–Crippen MR) is 120 cm³/mol. The number of likely N-dealkylation sites (tertiary alicyclic amines) is 1. The number of Topliss-reactive ketones (excluding diaryl/α,β-unsaturated/α-hetero) is 1. The average molecular weight is 464 g/mol. The van der Waals surface area contributed by atoms with Gasteiger partial charge in [0, 0.05) is 29.3 Å². The maximum Gasteiger partial charge on any atom is 0.295 e. The van der Waals surface area contributed by atoms with Crippen LogP contribution in [0.4, 0.5) is 0 Å². The van der Waals surface area contributed by atoms with Gasteiger partial charge in [-0.3, -0.25) is 9.59 Å². The van der Waals surface area contributed by atoms with Crippen LogP contribution in [0.1, 0.15) is 31.0 Å². The number of methoxy groups -OCH3 is 1. The van der Waals surface area contributed by atoms with Gasteiger partial charge in [0.1, 0.15) is 11.5 Å². The van der Waals surface area contributed by atoms with Gasteiger partial charge in [0.05, 0.1) is 24.3 Å². The number of ether oxygens (including phenoxy) is 2. The summed E-state index contributed by atoms with van der Waals surface area (Å²) in [5.74, 6) is -1.17. The Morgan fingerprint density at radius 2 is 1.81 bits per heavy atom. The van der Waals surface area contributed by atoms with E-state index in [9.17, 15) is 14.7 Å². The minimum atomic E-state index is -0.869. The Kier molecular flexibility index (Phi) is 7.26. The van der Waals surface area contributed by atoms with Gasteiger partial charge in [0.25, 0.3) is 11.7 Å². The summed E-state index contributed by atoms with van der Waals surface area (Å²) in [5.41, 5.74) is 0.835. The molecule has 0 spiro atoms. The third-order valence-electron chi connectivity index (χ3n) is 4.83. The van der Waals surface area contributed by atoms with Crippen LogP contribution in [-0.2, 0) is 14.3 Å². The van der Waals surface area contributed by atoms with Gasteiger partial charge < -0.3 is 19.5 Å². The fourth-order valence-corrected chi connectivity index (χ4v) is 3.98. The molecule has 1 N–H and O–H groups in total. The molecule has 0 bridgehead atoms. The molecule has 2 aromatic rings. The smallest absolute Gasteiger partial charge is 0.295 e. The third kappa shape index (κ3) is 4.87. The molecule has 3 rings (SSSR count). The van der Waals surface area contributed by atoms with E-state index < -0.39 is 17.7 Å². The number of halogens is 2. The molecule has 1 fully saturated rings. The second-order valence-corrected chi connectivity index (χ2v) is 8.19. The van der Waals surface area contributed by atoms with Crippen molar-refractivity contribution in [2.75, 3.05) is 20.3 Å². The molecule has 0 saturated carbocycles. The second kappa shape index (κ2) is 9.73. The zero-order valence-electron chi connectivity index (χ0n) is 17.4. The Labute approximate surface area is 191 Å². The zero-order chi connectivity index (χ0) is 22.7. The lowest BCUT2D eigenvalue weighted by atomic mass is 9.95. The summed E-state index contributed by atoms with van der Waals surface area (Å²) in [6.07, 6.45) is -0.00222. The average Bonchev–Trinajstić information content (AvgIpc) is 2.96. The van der Waals surface area contributed by atoms with Crippen molar-refractivity contribution in [3.8, 4) is 5.75 Å². The van der Waals surface area contributed by atoms with Crippen LogP contribution < -0.4 is 4.74 Å². The Hall–Kier alpha value is -2.54. The minimum absolute atomic E-state index is 0.00222. The molecule has 0 radical (unpaired) electrons. The maximum atomic E-state index is 12.9. The first kappa shape index (κ1) is 23.1. The zero-order valence-corrected chi connectivity index (χ0v) is 18.9. The largest absolute Gasteiger partial charge is 0.507 e. The van der Waals surface area contributed by atoms with Crippen LogP contribution in [0.25, 0.3) is 5.76 Å². The molecule has 1 aliphatic heterocycles. The van der Waals surface area contributed by atoms with Crippen molar-refractivity contribution in [3.63, 3.8) is 0 Å². The summed E-state index contributed by atoms with van der Waals surface area (Å²) < 4.78 is 10.7. The monoisotopic (exact) mass is 463 g/mol. The molecular formula is C23H23Cl2NO5. The predicted octanol–water partition coefficient (Wildman–Crippen LogP) is 4.85. The lowest BCUT2D eigenvalue weighted by Gasteiger charge is -2.25. The van der Waals surface area contributed by atoms with Crippen molar-refractivity contribution in [3.05, 3.63) is 69.2 Å². The minimum Gasteiger partial charge on any atom is -0.507 e. The first-order valence-electron chi connectivity index (χ1n) is 9.74. The van der Waals surface area contributed by atoms with Gasteiger partial charge in [-0.05, 0) is 55.8 Å². The van der Waals surface area contributed by atoms with Gasteiger partial charge in [-0.1, -0.05) is 29.3 Å². The molecule has 1 heterocycles. The van der Waals surface area contributed by atoms with Crippen LogP contribution in [0, 0.1) is 0 Å². The quantitative estimate of drug-likeness (QED) is 0.360. The van der Waals surface area contributed by atoms with Crippen LogP contribution in [0.2, 0.25) is 10.0 Å². The Morgan fingerprint density at radius 1 is 1.13 bits per heavy atom. The fourth-order valence-electron chi connectivity index (χ4n) is 3.47. The molecule has 6 nitrogen and oxygen atoms in total.